The average molecular weight is 302 g/mol. The smallest absolute Gasteiger partial charge is 0.374 e. The van der Waals surface area contributed by atoms with Crippen LogP contribution in [0.5, 0.6) is 0 Å². The van der Waals surface area contributed by atoms with E-state index < -0.39 is 8.80 Å². The second kappa shape index (κ2) is 9.98. The van der Waals surface area contributed by atoms with Crippen LogP contribution in [-0.4, -0.2) is 48.8 Å². The minimum atomic E-state index is -2.46. The van der Waals surface area contributed by atoms with Gasteiger partial charge in [0.05, 0.1) is 0 Å². The van der Waals surface area contributed by atoms with Crippen LogP contribution >= 0.6 is 0 Å². The van der Waals surface area contributed by atoms with Gasteiger partial charge in [-0.25, -0.2) is 4.68 Å². The predicted molar refractivity (Wildman–Crippen MR) is 77.1 cm³/mol. The number of aryl methyl sites for hydroxylation is 1. The molecule has 0 saturated heterocycles. The van der Waals surface area contributed by atoms with Gasteiger partial charge in [0, 0.05) is 32.4 Å². The molecule has 0 aliphatic heterocycles. The number of hydrogen-bond acceptors (Lipinski definition) is 6. The predicted octanol–water partition coefficient (Wildman–Crippen LogP) is 1.89. The highest BCUT2D eigenvalue weighted by Crippen LogP contribution is 2.20. The molecule has 0 fully saturated rings. The first-order chi connectivity index (χ1) is 9.76. The van der Waals surface area contributed by atoms with E-state index >= 15 is 0 Å². The zero-order chi connectivity index (χ0) is 14.7. The van der Waals surface area contributed by atoms with E-state index in [0.717, 1.165) is 31.9 Å². The Morgan fingerprint density at radius 1 is 0.950 bits per heavy atom. The summed E-state index contributed by atoms with van der Waals surface area (Å²) in [6, 6.07) is 0.873. The minimum Gasteiger partial charge on any atom is -0.374 e. The van der Waals surface area contributed by atoms with E-state index in [0.29, 0.717) is 19.8 Å². The van der Waals surface area contributed by atoms with Gasteiger partial charge >= 0.3 is 8.80 Å². The Balaban J connectivity index is 2.29. The van der Waals surface area contributed by atoms with Gasteiger partial charge in [0.2, 0.25) is 0 Å². The molecule has 0 bridgehead atoms. The van der Waals surface area contributed by atoms with E-state index in [4.69, 9.17) is 13.3 Å². The van der Waals surface area contributed by atoms with Crippen LogP contribution < -0.4 is 0 Å². The van der Waals surface area contributed by atoms with Crippen LogP contribution in [0.3, 0.4) is 0 Å². The van der Waals surface area contributed by atoms with Crippen LogP contribution in [0.1, 0.15) is 40.0 Å². The molecule has 0 saturated carbocycles. The molecular formula is C12H26N4O3Si. The Labute approximate surface area is 122 Å². The van der Waals surface area contributed by atoms with E-state index in [9.17, 15) is 0 Å². The van der Waals surface area contributed by atoms with Crippen molar-refractivity contribution in [2.45, 2.75) is 52.6 Å². The monoisotopic (exact) mass is 302 g/mol. The Kier molecular flexibility index (Phi) is 8.59. The lowest BCUT2D eigenvalue weighted by atomic mass is 10.2. The van der Waals surface area contributed by atoms with E-state index in [1.54, 1.807) is 11.0 Å². The standard InChI is InChI=1S/C12H26N4O3Si/c1-4-17-20(18-5-2,19-6-3)11-9-7-8-10-16-12-13-14-15-16/h12H,4-11H2,1-3H3. The van der Waals surface area contributed by atoms with Gasteiger partial charge < -0.3 is 13.3 Å². The van der Waals surface area contributed by atoms with Crippen LogP contribution in [0.15, 0.2) is 6.33 Å². The maximum Gasteiger partial charge on any atom is 0.500 e. The van der Waals surface area contributed by atoms with E-state index in [-0.39, 0.29) is 0 Å². The largest absolute Gasteiger partial charge is 0.500 e. The first kappa shape index (κ1) is 17.2. The lowest BCUT2D eigenvalue weighted by molar-refractivity contribution is 0.0706. The van der Waals surface area contributed by atoms with Crippen molar-refractivity contribution in [3.63, 3.8) is 0 Å². The van der Waals surface area contributed by atoms with Crippen molar-refractivity contribution >= 4 is 8.80 Å². The molecule has 7 nitrogen and oxygen atoms in total. The lowest BCUT2D eigenvalue weighted by Gasteiger charge is -2.28. The molecule has 0 spiro atoms. The number of nitrogens with zero attached hydrogens (tertiary/aromatic N) is 4. The van der Waals surface area contributed by atoms with Crippen molar-refractivity contribution in [2.24, 2.45) is 0 Å². The van der Waals surface area contributed by atoms with Crippen molar-refractivity contribution in [1.29, 1.82) is 0 Å². The van der Waals surface area contributed by atoms with Crippen LogP contribution in [-0.2, 0) is 19.8 Å². The summed E-state index contributed by atoms with van der Waals surface area (Å²) < 4.78 is 19.2. The maximum atomic E-state index is 5.82. The highest BCUT2D eigenvalue weighted by molar-refractivity contribution is 6.60. The molecule has 0 aliphatic rings. The van der Waals surface area contributed by atoms with Crippen molar-refractivity contribution in [1.82, 2.24) is 20.2 Å². The molecule has 1 heterocycles. The van der Waals surface area contributed by atoms with E-state index in [1.165, 1.54) is 0 Å². The third-order valence-electron chi connectivity index (χ3n) is 2.85. The highest BCUT2D eigenvalue weighted by atomic mass is 28.4. The first-order valence-electron chi connectivity index (χ1n) is 7.39. The molecule has 0 aromatic carbocycles. The van der Waals surface area contributed by atoms with Gasteiger partial charge in [-0.05, 0) is 44.0 Å². The summed E-state index contributed by atoms with van der Waals surface area (Å²) >= 11 is 0. The third-order valence-corrected chi connectivity index (χ3v) is 6.01. The molecule has 0 radical (unpaired) electrons. The summed E-state index contributed by atoms with van der Waals surface area (Å²) in [5.41, 5.74) is 0. The van der Waals surface area contributed by atoms with Gasteiger partial charge in [-0.2, -0.15) is 0 Å². The molecule has 116 valence electrons. The molecule has 1 aromatic heterocycles. The first-order valence-corrected chi connectivity index (χ1v) is 9.32. The fraction of sp³-hybridized carbons (Fsp3) is 0.917. The van der Waals surface area contributed by atoms with Gasteiger partial charge in [0.15, 0.2) is 0 Å². The summed E-state index contributed by atoms with van der Waals surface area (Å²) in [5, 5.41) is 11.1. The number of unbranched alkanes of at least 4 members (excludes halogenated alkanes) is 2. The summed E-state index contributed by atoms with van der Waals surface area (Å²) in [4.78, 5) is 0. The molecule has 20 heavy (non-hydrogen) atoms. The Morgan fingerprint density at radius 2 is 1.60 bits per heavy atom. The minimum absolute atomic E-state index is 0.636. The summed E-state index contributed by atoms with van der Waals surface area (Å²) in [6.45, 7) is 8.70. The van der Waals surface area contributed by atoms with Gasteiger partial charge in [0.25, 0.3) is 0 Å². The van der Waals surface area contributed by atoms with Crippen LogP contribution in [0, 0.1) is 0 Å². The number of rotatable bonds is 12. The quantitative estimate of drug-likeness (QED) is 0.434. The van der Waals surface area contributed by atoms with Crippen molar-refractivity contribution in [2.75, 3.05) is 19.8 Å². The number of hydrogen-bond donors (Lipinski definition) is 0. The SMILES string of the molecule is CCO[Si](CCCCCn1cnnn1)(OCC)OCC. The number of tetrazole rings is 1. The molecule has 1 rings (SSSR count). The highest BCUT2D eigenvalue weighted by Gasteiger charge is 2.39. The summed E-state index contributed by atoms with van der Waals surface area (Å²) in [7, 11) is -2.46. The second-order valence-corrected chi connectivity index (χ2v) is 7.10. The third kappa shape index (κ3) is 6.08. The summed E-state index contributed by atoms with van der Waals surface area (Å²) in [6.07, 6.45) is 4.80. The zero-order valence-electron chi connectivity index (χ0n) is 12.7. The van der Waals surface area contributed by atoms with Crippen LogP contribution in [0.2, 0.25) is 6.04 Å². The molecule has 1 aromatic rings. The average Bonchev–Trinajstić information content (AvgIpc) is 2.92. The normalized spacial score (nSPS) is 11.9. The van der Waals surface area contributed by atoms with Gasteiger partial charge in [-0.3, -0.25) is 0 Å². The Morgan fingerprint density at radius 3 is 2.10 bits per heavy atom. The second-order valence-electron chi connectivity index (χ2n) is 4.37. The molecule has 0 amide bonds. The molecule has 0 N–H and O–H groups in total. The Bertz CT molecular complexity index is 320. The van der Waals surface area contributed by atoms with Gasteiger partial charge in [-0.1, -0.05) is 6.42 Å². The zero-order valence-corrected chi connectivity index (χ0v) is 13.7. The summed E-state index contributed by atoms with van der Waals surface area (Å²) in [5.74, 6) is 0. The maximum absolute atomic E-state index is 5.82. The van der Waals surface area contributed by atoms with Crippen molar-refractivity contribution in [3.8, 4) is 0 Å². The van der Waals surface area contributed by atoms with Gasteiger partial charge in [-0.15, -0.1) is 5.10 Å². The topological polar surface area (TPSA) is 71.3 Å². The molecule has 8 heteroatoms. The Hall–Kier alpha value is -0.833. The van der Waals surface area contributed by atoms with Crippen LogP contribution in [0.25, 0.3) is 0 Å². The molecule has 0 aliphatic carbocycles. The lowest BCUT2D eigenvalue weighted by Crippen LogP contribution is -2.45. The number of aromatic nitrogens is 4. The molecule has 0 atom stereocenters. The van der Waals surface area contributed by atoms with E-state index in [1.807, 2.05) is 20.8 Å². The fourth-order valence-electron chi connectivity index (χ4n) is 2.08. The van der Waals surface area contributed by atoms with Crippen LogP contribution in [0.4, 0.5) is 0 Å². The fourth-order valence-corrected chi connectivity index (χ4v) is 4.76. The molecular weight excluding hydrogens is 276 g/mol. The van der Waals surface area contributed by atoms with E-state index in [2.05, 4.69) is 15.5 Å². The van der Waals surface area contributed by atoms with Crippen molar-refractivity contribution in [3.05, 3.63) is 6.33 Å². The van der Waals surface area contributed by atoms with Crippen molar-refractivity contribution < 1.29 is 13.3 Å². The van der Waals surface area contributed by atoms with Gasteiger partial charge in [0.1, 0.15) is 6.33 Å². The molecule has 0 unspecified atom stereocenters.